The second kappa shape index (κ2) is 6.07. The van der Waals surface area contributed by atoms with E-state index in [0.717, 1.165) is 0 Å². The van der Waals surface area contributed by atoms with E-state index >= 15 is 0 Å². The van der Waals surface area contributed by atoms with Gasteiger partial charge in [-0.15, -0.1) is 0 Å². The summed E-state index contributed by atoms with van der Waals surface area (Å²) in [5.74, 6) is -0.647. The standard InChI is InChI=1S/C14H11BrF2O/c15-12-6-5-11(14(17)7-12)9-18-8-10-3-1-2-4-13(10)16/h1-7H,8-9H2. The molecule has 18 heavy (non-hydrogen) atoms. The van der Waals surface area contributed by atoms with Crippen LogP contribution in [0.4, 0.5) is 8.78 Å². The molecule has 94 valence electrons. The summed E-state index contributed by atoms with van der Waals surface area (Å²) < 4.78 is 32.7. The molecule has 0 amide bonds. The first-order valence-corrected chi connectivity index (χ1v) is 6.21. The van der Waals surface area contributed by atoms with E-state index in [1.165, 1.54) is 12.1 Å². The minimum absolute atomic E-state index is 0.118. The van der Waals surface area contributed by atoms with Crippen molar-refractivity contribution in [3.63, 3.8) is 0 Å². The number of hydrogen-bond acceptors (Lipinski definition) is 1. The van der Waals surface area contributed by atoms with E-state index in [1.54, 1.807) is 30.3 Å². The quantitative estimate of drug-likeness (QED) is 0.810. The van der Waals surface area contributed by atoms with Gasteiger partial charge < -0.3 is 4.74 Å². The molecule has 0 unspecified atom stereocenters. The Balaban J connectivity index is 1.95. The molecular weight excluding hydrogens is 302 g/mol. The van der Waals surface area contributed by atoms with Crippen LogP contribution in [0.25, 0.3) is 0 Å². The molecule has 2 aromatic rings. The summed E-state index contributed by atoms with van der Waals surface area (Å²) in [5.41, 5.74) is 0.921. The molecule has 0 heterocycles. The lowest BCUT2D eigenvalue weighted by Crippen LogP contribution is -1.98. The van der Waals surface area contributed by atoms with Crippen LogP contribution in [0.5, 0.6) is 0 Å². The minimum Gasteiger partial charge on any atom is -0.372 e. The van der Waals surface area contributed by atoms with E-state index < -0.39 is 0 Å². The maximum atomic E-state index is 13.5. The van der Waals surface area contributed by atoms with Crippen molar-refractivity contribution >= 4 is 15.9 Å². The molecule has 0 radical (unpaired) electrons. The van der Waals surface area contributed by atoms with Crippen molar-refractivity contribution in [3.05, 3.63) is 69.7 Å². The van der Waals surface area contributed by atoms with Crippen LogP contribution in [0, 0.1) is 11.6 Å². The Morgan fingerprint density at radius 2 is 1.56 bits per heavy atom. The van der Waals surface area contributed by atoms with E-state index in [4.69, 9.17) is 4.74 Å². The first-order valence-electron chi connectivity index (χ1n) is 5.42. The van der Waals surface area contributed by atoms with Gasteiger partial charge in [-0.2, -0.15) is 0 Å². The van der Waals surface area contributed by atoms with Gasteiger partial charge in [0, 0.05) is 15.6 Å². The third kappa shape index (κ3) is 3.37. The molecule has 0 aromatic heterocycles. The lowest BCUT2D eigenvalue weighted by molar-refractivity contribution is 0.102. The highest BCUT2D eigenvalue weighted by Gasteiger charge is 2.04. The average molecular weight is 313 g/mol. The predicted molar refractivity (Wildman–Crippen MR) is 69.0 cm³/mol. The van der Waals surface area contributed by atoms with Crippen molar-refractivity contribution in [1.82, 2.24) is 0 Å². The highest BCUT2D eigenvalue weighted by atomic mass is 79.9. The Morgan fingerprint density at radius 3 is 2.22 bits per heavy atom. The zero-order valence-corrected chi connectivity index (χ0v) is 11.1. The van der Waals surface area contributed by atoms with Gasteiger partial charge >= 0.3 is 0 Å². The lowest BCUT2D eigenvalue weighted by atomic mass is 10.2. The Bertz CT molecular complexity index is 543. The summed E-state index contributed by atoms with van der Waals surface area (Å²) >= 11 is 3.18. The topological polar surface area (TPSA) is 9.23 Å². The summed E-state index contributed by atoms with van der Waals surface area (Å²) in [7, 11) is 0. The number of benzene rings is 2. The number of hydrogen-bond donors (Lipinski definition) is 0. The van der Waals surface area contributed by atoms with E-state index in [0.29, 0.717) is 15.6 Å². The molecule has 0 atom stereocenters. The van der Waals surface area contributed by atoms with E-state index in [1.807, 2.05) is 0 Å². The van der Waals surface area contributed by atoms with Gasteiger partial charge in [0.25, 0.3) is 0 Å². The van der Waals surface area contributed by atoms with E-state index in [2.05, 4.69) is 15.9 Å². The van der Waals surface area contributed by atoms with Crippen LogP contribution in [0.15, 0.2) is 46.9 Å². The van der Waals surface area contributed by atoms with Crippen LogP contribution in [0.2, 0.25) is 0 Å². The lowest BCUT2D eigenvalue weighted by Gasteiger charge is -2.06. The van der Waals surface area contributed by atoms with Gasteiger partial charge in [-0.05, 0) is 18.2 Å². The minimum atomic E-state index is -0.335. The normalized spacial score (nSPS) is 10.6. The number of halogens is 3. The highest BCUT2D eigenvalue weighted by Crippen LogP contribution is 2.17. The van der Waals surface area contributed by atoms with Gasteiger partial charge in [0.2, 0.25) is 0 Å². The predicted octanol–water partition coefficient (Wildman–Crippen LogP) is 4.44. The first kappa shape index (κ1) is 13.2. The molecule has 0 aliphatic heterocycles. The molecular formula is C14H11BrF2O. The second-order valence-electron chi connectivity index (χ2n) is 3.82. The first-order chi connectivity index (χ1) is 8.66. The third-order valence-electron chi connectivity index (χ3n) is 2.49. The fourth-order valence-electron chi connectivity index (χ4n) is 1.53. The zero-order valence-electron chi connectivity index (χ0n) is 9.50. The van der Waals surface area contributed by atoms with Crippen LogP contribution in [-0.2, 0) is 18.0 Å². The molecule has 4 heteroatoms. The van der Waals surface area contributed by atoms with Gasteiger partial charge in [0.05, 0.1) is 13.2 Å². The van der Waals surface area contributed by atoms with Crippen molar-refractivity contribution < 1.29 is 13.5 Å². The average Bonchev–Trinajstić information content (AvgIpc) is 2.34. The van der Waals surface area contributed by atoms with Gasteiger partial charge in [-0.3, -0.25) is 0 Å². The summed E-state index contributed by atoms with van der Waals surface area (Å²) in [6.07, 6.45) is 0. The van der Waals surface area contributed by atoms with Crippen LogP contribution in [-0.4, -0.2) is 0 Å². The van der Waals surface area contributed by atoms with Crippen molar-refractivity contribution in [2.75, 3.05) is 0 Å². The number of ether oxygens (including phenoxy) is 1. The largest absolute Gasteiger partial charge is 0.372 e. The third-order valence-corrected chi connectivity index (χ3v) is 2.98. The Hall–Kier alpha value is -1.26. The van der Waals surface area contributed by atoms with Crippen LogP contribution in [0.1, 0.15) is 11.1 Å². The van der Waals surface area contributed by atoms with Crippen LogP contribution in [0.3, 0.4) is 0 Å². The van der Waals surface area contributed by atoms with Crippen LogP contribution >= 0.6 is 15.9 Å². The Kier molecular flexibility index (Phi) is 4.44. The highest BCUT2D eigenvalue weighted by molar-refractivity contribution is 9.10. The van der Waals surface area contributed by atoms with E-state index in [-0.39, 0.29) is 24.8 Å². The molecule has 2 aromatic carbocycles. The smallest absolute Gasteiger partial charge is 0.129 e. The Morgan fingerprint density at radius 1 is 0.889 bits per heavy atom. The summed E-state index contributed by atoms with van der Waals surface area (Å²) in [6, 6.07) is 11.1. The summed E-state index contributed by atoms with van der Waals surface area (Å²) in [5, 5.41) is 0. The fraction of sp³-hybridized carbons (Fsp3) is 0.143. The molecule has 0 N–H and O–H groups in total. The monoisotopic (exact) mass is 312 g/mol. The van der Waals surface area contributed by atoms with Crippen molar-refractivity contribution in [2.45, 2.75) is 13.2 Å². The molecule has 0 aliphatic carbocycles. The molecule has 0 saturated carbocycles. The van der Waals surface area contributed by atoms with Crippen molar-refractivity contribution in [2.24, 2.45) is 0 Å². The fourth-order valence-corrected chi connectivity index (χ4v) is 1.86. The Labute approximate surface area is 113 Å². The molecule has 0 saturated heterocycles. The van der Waals surface area contributed by atoms with Gasteiger partial charge in [0.15, 0.2) is 0 Å². The molecule has 0 bridgehead atoms. The molecule has 0 fully saturated rings. The number of rotatable bonds is 4. The van der Waals surface area contributed by atoms with Crippen molar-refractivity contribution in [1.29, 1.82) is 0 Å². The second-order valence-corrected chi connectivity index (χ2v) is 4.74. The van der Waals surface area contributed by atoms with Crippen molar-refractivity contribution in [3.8, 4) is 0 Å². The SMILES string of the molecule is Fc1ccccc1COCc1ccc(Br)cc1F. The zero-order chi connectivity index (χ0) is 13.0. The van der Waals surface area contributed by atoms with Gasteiger partial charge in [-0.1, -0.05) is 40.2 Å². The summed E-state index contributed by atoms with van der Waals surface area (Å²) in [6.45, 7) is 0.246. The van der Waals surface area contributed by atoms with Gasteiger partial charge in [-0.25, -0.2) is 8.78 Å². The van der Waals surface area contributed by atoms with Gasteiger partial charge in [0.1, 0.15) is 11.6 Å². The molecule has 2 rings (SSSR count). The molecule has 0 spiro atoms. The molecule has 1 nitrogen and oxygen atoms in total. The maximum absolute atomic E-state index is 13.5. The maximum Gasteiger partial charge on any atom is 0.129 e. The van der Waals surface area contributed by atoms with Crippen LogP contribution < -0.4 is 0 Å². The molecule has 0 aliphatic rings. The van der Waals surface area contributed by atoms with E-state index in [9.17, 15) is 8.78 Å². The summed E-state index contributed by atoms with van der Waals surface area (Å²) in [4.78, 5) is 0.